The van der Waals surface area contributed by atoms with Gasteiger partial charge < -0.3 is 43.2 Å². The molecule has 2 aliphatic carbocycles. The van der Waals surface area contributed by atoms with E-state index in [1.165, 1.54) is 23.2 Å². The molecule has 2 aromatic carbocycles. The van der Waals surface area contributed by atoms with Gasteiger partial charge in [-0.05, 0) is 105 Å². The molecule has 6 aliphatic rings. The highest BCUT2D eigenvalue weighted by atomic mass is 35.5. The molecule has 2 saturated heterocycles. The van der Waals surface area contributed by atoms with E-state index in [0.717, 1.165) is 78.1 Å². The number of piperazine rings is 1. The van der Waals surface area contributed by atoms with E-state index in [9.17, 15) is 9.90 Å². The topological polar surface area (TPSA) is 160 Å². The Morgan fingerprint density at radius 2 is 1.81 bits per heavy atom. The minimum atomic E-state index is -1.51. The number of carbonyl (C=O) groups is 1. The van der Waals surface area contributed by atoms with Crippen molar-refractivity contribution < 1.29 is 47.4 Å². The summed E-state index contributed by atoms with van der Waals surface area (Å²) < 4.78 is 59.1. The summed E-state index contributed by atoms with van der Waals surface area (Å²) in [7, 11) is 2.12. The summed E-state index contributed by atoms with van der Waals surface area (Å²) in [6, 6.07) is 7.08. The number of ether oxygens (including phenoxy) is 7. The maximum absolute atomic E-state index is 15.8. The second-order valence-corrected chi connectivity index (χ2v) is 21.0. The molecule has 0 radical (unpaired) electrons. The quantitative estimate of drug-likeness (QED) is 0.126. The predicted molar refractivity (Wildman–Crippen MR) is 274 cm³/mol. The fourth-order valence-electron chi connectivity index (χ4n) is 10.0. The Morgan fingerprint density at radius 1 is 0.972 bits per heavy atom. The van der Waals surface area contributed by atoms with Crippen molar-refractivity contribution in [1.29, 1.82) is 0 Å². The van der Waals surface area contributed by atoms with E-state index in [1.807, 2.05) is 19.9 Å². The molecule has 0 saturated carbocycles. The van der Waals surface area contributed by atoms with Gasteiger partial charge in [0.15, 0.2) is 11.6 Å². The number of fused-ring (bicyclic) bond motifs is 7. The molecule has 15 nitrogen and oxygen atoms in total. The first-order valence-corrected chi connectivity index (χ1v) is 26.2. The number of carboxylic acid groups (broad SMARTS) is 1. The Kier molecular flexibility index (Phi) is 15.6. The van der Waals surface area contributed by atoms with Crippen molar-refractivity contribution in [2.45, 2.75) is 89.4 Å². The number of thiophene rings is 1. The smallest absolute Gasteiger partial charge is 0.345 e. The minimum Gasteiger partial charge on any atom is -0.490 e. The summed E-state index contributed by atoms with van der Waals surface area (Å²) >= 11 is 16.3. The van der Waals surface area contributed by atoms with E-state index in [1.54, 1.807) is 30.5 Å². The summed E-state index contributed by atoms with van der Waals surface area (Å²) in [5.74, 6) is 0.662. The van der Waals surface area contributed by atoms with E-state index in [-0.39, 0.29) is 57.7 Å². The van der Waals surface area contributed by atoms with Crippen LogP contribution in [0.3, 0.4) is 0 Å². The van der Waals surface area contributed by atoms with E-state index < -0.39 is 23.8 Å². The van der Waals surface area contributed by atoms with E-state index >= 15 is 4.39 Å². The van der Waals surface area contributed by atoms with Gasteiger partial charge in [0.1, 0.15) is 53.7 Å². The highest BCUT2D eigenvalue weighted by Crippen LogP contribution is 2.53. The van der Waals surface area contributed by atoms with E-state index in [0.29, 0.717) is 87.4 Å². The van der Waals surface area contributed by atoms with Gasteiger partial charge in [-0.3, -0.25) is 4.90 Å². The van der Waals surface area contributed by atoms with Crippen LogP contribution < -0.4 is 18.9 Å². The molecule has 1 N–H and O–H groups in total. The van der Waals surface area contributed by atoms with Crippen LogP contribution in [0.2, 0.25) is 10.0 Å². The Labute approximate surface area is 432 Å². The molecule has 0 unspecified atom stereocenters. The van der Waals surface area contributed by atoms with Crippen LogP contribution in [-0.4, -0.2) is 144 Å². The zero-order valence-corrected chi connectivity index (χ0v) is 43.1. The molecule has 382 valence electrons. The van der Waals surface area contributed by atoms with E-state index in [2.05, 4.69) is 32.9 Å². The van der Waals surface area contributed by atoms with Crippen molar-refractivity contribution in [2.75, 3.05) is 79.4 Å². The summed E-state index contributed by atoms with van der Waals surface area (Å²) in [6.45, 7) is 9.89. The third-order valence-electron chi connectivity index (χ3n) is 14.1. The number of allylic oxidation sites excluding steroid dienone is 4. The molecule has 0 spiro atoms. The maximum atomic E-state index is 15.8. The molecule has 2 fully saturated rings. The molecule has 5 aromatic rings. The van der Waals surface area contributed by atoms with Gasteiger partial charge in [-0.15, -0.1) is 11.3 Å². The third kappa shape index (κ3) is 11.2. The molecule has 3 aromatic heterocycles. The van der Waals surface area contributed by atoms with Crippen LogP contribution in [0.4, 0.5) is 4.39 Å². The zero-order valence-electron chi connectivity index (χ0n) is 40.7. The Morgan fingerprint density at radius 3 is 2.54 bits per heavy atom. The zero-order chi connectivity index (χ0) is 49.9. The fraction of sp³-hybridized carbons (Fsp3) is 0.491. The van der Waals surface area contributed by atoms with Gasteiger partial charge >= 0.3 is 5.97 Å². The van der Waals surface area contributed by atoms with Gasteiger partial charge in [0, 0.05) is 67.8 Å². The Bertz CT molecular complexity index is 2840. The minimum absolute atomic E-state index is 0.0320. The third-order valence-corrected chi connectivity index (χ3v) is 16.2. The van der Waals surface area contributed by atoms with Gasteiger partial charge in [-0.1, -0.05) is 35.4 Å². The van der Waals surface area contributed by atoms with Crippen molar-refractivity contribution in [2.24, 2.45) is 0 Å². The SMILES string of the molecule is Cc1c(Cl)c2c(Cl)c(C)c1-c1c(C3=CCCC3)sc3ncnc(c13)O[C@@H](C(=O)O)Cc1cc(ccc1OCc1ccnc(C3=CC[C@@](F)(COC[C@H]4COCCO4)CC3)n1)OC[C@@H](CN1CCN(C)CC1)O2. The number of nitrogens with zero attached hydrogens (tertiary/aromatic N) is 6. The lowest BCUT2D eigenvalue weighted by Gasteiger charge is -2.35. The summed E-state index contributed by atoms with van der Waals surface area (Å²) in [5, 5.41) is 12.3. The molecular weight excluding hydrogens is 987 g/mol. The van der Waals surface area contributed by atoms with Crippen molar-refractivity contribution in [1.82, 2.24) is 29.7 Å². The first-order valence-electron chi connectivity index (χ1n) is 24.7. The summed E-state index contributed by atoms with van der Waals surface area (Å²) in [4.78, 5) is 38.3. The highest BCUT2D eigenvalue weighted by Gasteiger charge is 2.35. The van der Waals surface area contributed by atoms with Gasteiger partial charge in [-0.25, -0.2) is 29.1 Å². The molecule has 0 amide bonds. The van der Waals surface area contributed by atoms with Gasteiger partial charge in [-0.2, -0.15) is 0 Å². The second kappa shape index (κ2) is 22.2. The van der Waals surface area contributed by atoms with Crippen molar-refractivity contribution in [3.63, 3.8) is 0 Å². The summed E-state index contributed by atoms with van der Waals surface area (Å²) in [6.07, 6.45) is 8.60. The lowest BCUT2D eigenvalue weighted by atomic mass is 9.87. The van der Waals surface area contributed by atoms with Crippen LogP contribution in [0.15, 0.2) is 48.9 Å². The lowest BCUT2D eigenvalue weighted by Crippen LogP contribution is -2.49. The number of alkyl halides is 1. The number of aromatic nitrogens is 4. The van der Waals surface area contributed by atoms with Crippen molar-refractivity contribution in [3.8, 4) is 34.3 Å². The maximum Gasteiger partial charge on any atom is 0.345 e. The fourth-order valence-corrected chi connectivity index (χ4v) is 11.7. The molecule has 72 heavy (non-hydrogen) atoms. The van der Waals surface area contributed by atoms with E-state index in [4.69, 9.17) is 66.3 Å². The van der Waals surface area contributed by atoms with Gasteiger partial charge in [0.2, 0.25) is 12.0 Å². The molecular formula is C53H59Cl2FN6O9S. The first kappa shape index (κ1) is 50.5. The van der Waals surface area contributed by atoms with Crippen molar-refractivity contribution >= 4 is 61.9 Å². The van der Waals surface area contributed by atoms with Gasteiger partial charge in [0.05, 0.1) is 54.2 Å². The lowest BCUT2D eigenvalue weighted by molar-refractivity contribution is -0.145. The number of aliphatic carboxylic acids is 1. The average Bonchev–Trinajstić information content (AvgIpc) is 4.06. The predicted octanol–water partition coefficient (Wildman–Crippen LogP) is 9.39. The number of likely N-dealkylation sites (N-methyl/N-ethyl adjacent to an activating group) is 1. The number of carboxylic acids is 1. The molecule has 4 aliphatic heterocycles. The first-order chi connectivity index (χ1) is 34.9. The molecule has 4 atom stereocenters. The van der Waals surface area contributed by atoms with Crippen LogP contribution in [0.5, 0.6) is 23.1 Å². The van der Waals surface area contributed by atoms with Crippen LogP contribution in [0.1, 0.15) is 71.6 Å². The number of rotatable bonds is 12. The molecule has 4 bridgehead atoms. The number of hydrogen-bond donors (Lipinski definition) is 1. The monoisotopic (exact) mass is 1040 g/mol. The Balaban J connectivity index is 0.967. The van der Waals surface area contributed by atoms with Gasteiger partial charge in [0.25, 0.3) is 0 Å². The average molecular weight is 1050 g/mol. The van der Waals surface area contributed by atoms with Crippen LogP contribution in [-0.2, 0) is 32.0 Å². The second-order valence-electron chi connectivity index (χ2n) is 19.3. The van der Waals surface area contributed by atoms with Crippen LogP contribution in [0, 0.1) is 13.8 Å². The van der Waals surface area contributed by atoms with Crippen LogP contribution >= 0.6 is 34.5 Å². The highest BCUT2D eigenvalue weighted by molar-refractivity contribution is 7.20. The molecule has 19 heteroatoms. The largest absolute Gasteiger partial charge is 0.490 e. The molecule has 11 rings (SSSR count). The Hall–Kier alpha value is -4.98. The number of halogens is 3. The summed E-state index contributed by atoms with van der Waals surface area (Å²) in [5.41, 5.74) is 4.69. The normalized spacial score (nSPS) is 23.2. The van der Waals surface area contributed by atoms with Crippen LogP contribution in [0.25, 0.3) is 32.5 Å². The standard InChI is InChI=1S/C53H59Cl2FN6O9S/c1-31-42-32(2)46(55)47(45(31)54)70-38(24-62-18-16-61(3)17-19-62)28-68-37-8-9-40(35(22-37)23-41(52(63)64)71-50-44-43(42)48(33-6-4-5-7-33)72-51(44)59-30-58-50)69-25-36-12-15-57-49(60-36)34-10-13-53(56,14-11-34)29-66-27-39-26-65-20-21-67-39/h6,8-10,12,15,22,30,38-39,41H,4-5,7,11,13-14,16-21,23-29H2,1-3H3,(H,63,64)/t38-,39-,41-,53+/m1/s1. The number of hydrogen-bond acceptors (Lipinski definition) is 15. The number of benzene rings is 2. The van der Waals surface area contributed by atoms with Crippen molar-refractivity contribution in [3.05, 3.63) is 92.1 Å². The molecule has 7 heterocycles.